The van der Waals surface area contributed by atoms with Crippen LogP contribution in [0.25, 0.3) is 10.8 Å². The Morgan fingerprint density at radius 1 is 0.680 bits per heavy atom. The molecule has 10 rings (SSSR count). The number of piperazine rings is 1. The molecule has 1 aromatic heterocycles. The van der Waals surface area contributed by atoms with Gasteiger partial charge in [-0.25, -0.2) is 13.9 Å². The van der Waals surface area contributed by atoms with E-state index in [1.54, 1.807) is 46.2 Å². The predicted octanol–water partition coefficient (Wildman–Crippen LogP) is 5.39. The molecule has 2 aliphatic carbocycles. The SMILES string of the molecule is O=C(NC(C(=O)N1CCC(OC2CCN(CC(=O)N3CCN(C(=O)c4cc(Cc5n[nH]c(=O)c6ccccc56)ccc4F)CC3)CC2)CC1)C1CCCCC1)c1cccc(C2CCCN(C(=O)CNC3CC3)C2)c1F. The lowest BCUT2D eigenvalue weighted by atomic mass is 9.83. The largest absolute Gasteiger partial charge is 0.375 e. The summed E-state index contributed by atoms with van der Waals surface area (Å²) in [6, 6.07) is 16.2. The number of rotatable bonds is 15. The third-order valence-electron chi connectivity index (χ3n) is 16.6. The van der Waals surface area contributed by atoms with E-state index in [0.717, 1.165) is 70.6 Å². The van der Waals surface area contributed by atoms with Gasteiger partial charge in [-0.3, -0.25) is 33.7 Å². The number of benzene rings is 3. The molecule has 2 atom stereocenters. The van der Waals surface area contributed by atoms with Crippen LogP contribution in [0.15, 0.2) is 65.5 Å². The molecule has 75 heavy (non-hydrogen) atoms. The van der Waals surface area contributed by atoms with Crippen LogP contribution in [0.4, 0.5) is 8.78 Å². The van der Waals surface area contributed by atoms with Gasteiger partial charge in [0.15, 0.2) is 0 Å². The first-order valence-corrected chi connectivity index (χ1v) is 27.5. The average molecular weight is 1030 g/mol. The van der Waals surface area contributed by atoms with Crippen molar-refractivity contribution in [1.82, 2.24) is 45.3 Å². The van der Waals surface area contributed by atoms with Gasteiger partial charge in [-0.2, -0.15) is 5.10 Å². The van der Waals surface area contributed by atoms with Gasteiger partial charge in [-0.15, -0.1) is 0 Å². The number of H-pyrrole nitrogens is 1. The normalized spacial score (nSPS) is 21.1. The highest BCUT2D eigenvalue weighted by Crippen LogP contribution is 2.33. The topological polar surface area (TPSA) is 181 Å². The van der Waals surface area contributed by atoms with Crippen molar-refractivity contribution in [3.8, 4) is 0 Å². The number of likely N-dealkylation sites (tertiary alicyclic amines) is 3. The number of amides is 5. The molecule has 6 fully saturated rings. The number of halogens is 2. The lowest BCUT2D eigenvalue weighted by Gasteiger charge is -2.40. The van der Waals surface area contributed by atoms with Crippen molar-refractivity contribution in [2.75, 3.05) is 78.5 Å². The molecule has 18 heteroatoms. The molecule has 5 amide bonds. The zero-order valence-electron chi connectivity index (χ0n) is 42.9. The zero-order valence-corrected chi connectivity index (χ0v) is 42.9. The number of ether oxygens (including phenoxy) is 1. The number of fused-ring (bicyclic) bond motifs is 1. The maximum atomic E-state index is 16.4. The van der Waals surface area contributed by atoms with E-state index in [1.807, 2.05) is 21.9 Å². The van der Waals surface area contributed by atoms with E-state index >= 15 is 8.78 Å². The number of piperidine rings is 3. The van der Waals surface area contributed by atoms with Crippen molar-refractivity contribution in [3.05, 3.63) is 111 Å². The summed E-state index contributed by atoms with van der Waals surface area (Å²) in [5.74, 6) is -2.58. The van der Waals surface area contributed by atoms with Crippen molar-refractivity contribution >= 4 is 40.3 Å². The number of aromatic nitrogens is 2. The Balaban J connectivity index is 0.661. The molecule has 4 aliphatic heterocycles. The summed E-state index contributed by atoms with van der Waals surface area (Å²) >= 11 is 0. The van der Waals surface area contributed by atoms with Gasteiger partial charge in [0.1, 0.15) is 17.7 Å². The van der Waals surface area contributed by atoms with Gasteiger partial charge in [-0.05, 0) is 106 Å². The Morgan fingerprint density at radius 3 is 2.12 bits per heavy atom. The fourth-order valence-corrected chi connectivity index (χ4v) is 12.0. The minimum atomic E-state index is -0.757. The first-order chi connectivity index (χ1) is 36.4. The van der Waals surface area contributed by atoms with Crippen molar-refractivity contribution in [3.63, 3.8) is 0 Å². The number of nitrogens with zero attached hydrogens (tertiary/aromatic N) is 6. The highest BCUT2D eigenvalue weighted by molar-refractivity contribution is 5.98. The highest BCUT2D eigenvalue weighted by atomic mass is 19.1. The van der Waals surface area contributed by atoms with Crippen LogP contribution in [0, 0.1) is 17.6 Å². The smallest absolute Gasteiger partial charge is 0.272 e. The van der Waals surface area contributed by atoms with Gasteiger partial charge in [0.2, 0.25) is 17.7 Å². The summed E-state index contributed by atoms with van der Waals surface area (Å²) in [6.45, 7) is 5.28. The number of nitrogens with one attached hydrogen (secondary N) is 3. The lowest BCUT2D eigenvalue weighted by molar-refractivity contribution is -0.140. The standard InChI is InChI=1S/C57H71F2N9O7/c58-48-18-15-37(33-49-44-11-4-5-12-45(44)55(72)63-62-49)32-47(48)56(73)67-30-28-65(29-31-67)51(70)36-64-24-19-41(20-25-64)75-42-21-26-66(27-22-42)57(74)53(38-8-2-1-3-9-38)61-54(71)46-14-6-13-43(52(46)59)39-10-7-23-68(35-39)50(69)34-60-40-16-17-40/h4-6,11-15,18,32,38-42,53,60H,1-3,7-10,16-17,19-31,33-36H2,(H,61,71)(H,63,72). The van der Waals surface area contributed by atoms with Crippen molar-refractivity contribution in [1.29, 1.82) is 0 Å². The maximum absolute atomic E-state index is 16.4. The quantitative estimate of drug-likeness (QED) is 0.140. The number of hydrogen-bond acceptors (Lipinski definition) is 10. The first-order valence-electron chi connectivity index (χ1n) is 27.5. The van der Waals surface area contributed by atoms with Crippen molar-refractivity contribution < 1.29 is 37.5 Å². The van der Waals surface area contributed by atoms with Crippen LogP contribution in [0.2, 0.25) is 0 Å². The van der Waals surface area contributed by atoms with Gasteiger partial charge in [-0.1, -0.05) is 55.7 Å². The second-order valence-electron chi connectivity index (χ2n) is 21.7. The third-order valence-corrected chi connectivity index (χ3v) is 16.6. The summed E-state index contributed by atoms with van der Waals surface area (Å²) in [5.41, 5.74) is 1.33. The molecule has 3 N–H and O–H groups in total. The molecule has 16 nitrogen and oxygen atoms in total. The molecule has 400 valence electrons. The molecule has 6 aliphatic rings. The van der Waals surface area contributed by atoms with Crippen LogP contribution in [-0.4, -0.2) is 167 Å². The van der Waals surface area contributed by atoms with E-state index in [-0.39, 0.29) is 84.6 Å². The molecule has 3 aromatic carbocycles. The molecule has 0 bridgehead atoms. The van der Waals surface area contributed by atoms with Crippen molar-refractivity contribution in [2.24, 2.45) is 5.92 Å². The molecule has 0 spiro atoms. The molecule has 2 saturated carbocycles. The minimum Gasteiger partial charge on any atom is -0.375 e. The van der Waals surface area contributed by atoms with Crippen molar-refractivity contribution in [2.45, 2.75) is 120 Å². The Morgan fingerprint density at radius 2 is 1.39 bits per heavy atom. The highest BCUT2D eigenvalue weighted by Gasteiger charge is 2.38. The van der Waals surface area contributed by atoms with Crippen LogP contribution >= 0.6 is 0 Å². The molecular formula is C57H71F2N9O7. The second-order valence-corrected chi connectivity index (χ2v) is 21.7. The molecular weight excluding hydrogens is 961 g/mol. The average Bonchev–Trinajstić information content (AvgIpc) is 4.29. The van der Waals surface area contributed by atoms with E-state index in [1.165, 1.54) is 12.1 Å². The Labute approximate surface area is 436 Å². The fourth-order valence-electron chi connectivity index (χ4n) is 12.0. The third kappa shape index (κ3) is 12.6. The summed E-state index contributed by atoms with van der Waals surface area (Å²) in [5, 5.41) is 14.3. The monoisotopic (exact) mass is 1030 g/mol. The number of carbonyl (C=O) groups excluding carboxylic acids is 5. The maximum Gasteiger partial charge on any atom is 0.272 e. The zero-order chi connectivity index (χ0) is 52.0. The second kappa shape index (κ2) is 23.8. The lowest BCUT2D eigenvalue weighted by Crippen LogP contribution is -2.55. The van der Waals surface area contributed by atoms with Gasteiger partial charge in [0.05, 0.1) is 47.5 Å². The van der Waals surface area contributed by atoms with Crippen LogP contribution < -0.4 is 16.2 Å². The van der Waals surface area contributed by atoms with E-state index in [9.17, 15) is 28.8 Å². The number of aromatic amines is 1. The minimum absolute atomic E-state index is 0.00842. The number of hydrogen-bond donors (Lipinski definition) is 3. The molecule has 0 radical (unpaired) electrons. The van der Waals surface area contributed by atoms with Gasteiger partial charge < -0.3 is 35.0 Å². The Bertz CT molecular complexity index is 2780. The summed E-state index contributed by atoms with van der Waals surface area (Å²) < 4.78 is 38.1. The molecule has 2 unspecified atom stereocenters. The Hall–Kier alpha value is -6.11. The Kier molecular flexibility index (Phi) is 16.6. The van der Waals surface area contributed by atoms with E-state index in [2.05, 4.69) is 25.7 Å². The van der Waals surface area contributed by atoms with Crippen LogP contribution in [0.1, 0.15) is 127 Å². The molecule has 4 aromatic rings. The van der Waals surface area contributed by atoms with E-state index < -0.39 is 29.5 Å². The van der Waals surface area contributed by atoms with Gasteiger partial charge in [0.25, 0.3) is 17.4 Å². The van der Waals surface area contributed by atoms with Gasteiger partial charge >= 0.3 is 0 Å². The van der Waals surface area contributed by atoms with E-state index in [0.29, 0.717) is 105 Å². The van der Waals surface area contributed by atoms with Crippen LogP contribution in [0.3, 0.4) is 0 Å². The van der Waals surface area contributed by atoms with Gasteiger partial charge in [0, 0.05) is 89.2 Å². The summed E-state index contributed by atoms with van der Waals surface area (Å²) in [4.78, 5) is 89.9. The van der Waals surface area contributed by atoms with E-state index in [4.69, 9.17) is 4.74 Å². The van der Waals surface area contributed by atoms with Crippen LogP contribution in [-0.2, 0) is 25.5 Å². The fraction of sp³-hybridized carbons (Fsp3) is 0.561. The molecule has 5 heterocycles. The molecule has 4 saturated heterocycles. The summed E-state index contributed by atoms with van der Waals surface area (Å²) in [6.07, 6.45) is 11.5. The summed E-state index contributed by atoms with van der Waals surface area (Å²) in [7, 11) is 0. The first kappa shape index (κ1) is 52.3. The van der Waals surface area contributed by atoms with Crippen LogP contribution in [0.5, 0.6) is 0 Å². The number of carbonyl (C=O) groups is 5. The predicted molar refractivity (Wildman–Crippen MR) is 278 cm³/mol.